The Balaban J connectivity index is 1.78. The van der Waals surface area contributed by atoms with Crippen molar-refractivity contribution in [2.45, 2.75) is 51.7 Å². The Morgan fingerprint density at radius 3 is 2.76 bits per heavy atom. The van der Waals surface area contributed by atoms with Gasteiger partial charge in [0.1, 0.15) is 5.60 Å². The third-order valence-electron chi connectivity index (χ3n) is 4.17. The Hall–Kier alpha value is -2.01. The lowest BCUT2D eigenvalue weighted by Crippen LogP contribution is -2.36. The molecule has 1 aliphatic heterocycles. The van der Waals surface area contributed by atoms with E-state index < -0.39 is 5.60 Å². The molecule has 1 atom stereocenters. The van der Waals surface area contributed by atoms with Crippen molar-refractivity contribution < 1.29 is 14.1 Å². The molecule has 1 amide bonds. The lowest BCUT2D eigenvalue weighted by atomic mass is 10.0. The summed E-state index contributed by atoms with van der Waals surface area (Å²) < 4.78 is 11.1. The summed E-state index contributed by atoms with van der Waals surface area (Å²) in [7, 11) is 0. The third-order valence-corrected chi connectivity index (χ3v) is 4.42. The van der Waals surface area contributed by atoms with Crippen molar-refractivity contribution in [1.29, 1.82) is 0 Å². The number of hydrogen-bond acceptors (Lipinski definition) is 4. The van der Waals surface area contributed by atoms with Crippen molar-refractivity contribution in [3.63, 3.8) is 0 Å². The van der Waals surface area contributed by atoms with Gasteiger partial charge >= 0.3 is 6.09 Å². The van der Waals surface area contributed by atoms with Crippen molar-refractivity contribution >= 4 is 17.7 Å². The lowest BCUT2D eigenvalue weighted by molar-refractivity contribution is 0.0203. The van der Waals surface area contributed by atoms with Crippen LogP contribution in [-0.2, 0) is 11.2 Å². The highest BCUT2D eigenvalue weighted by atomic mass is 35.5. The Morgan fingerprint density at radius 1 is 1.36 bits per heavy atom. The fourth-order valence-electron chi connectivity index (χ4n) is 3.08. The van der Waals surface area contributed by atoms with Crippen molar-refractivity contribution in [3.8, 4) is 0 Å². The standard InChI is InChI=1S/C19H23ClN2O3/c1-19(2,3)24-18(23)22-10-4-5-16(22)17-14(12-21-25-17)11-13-6-8-15(20)9-7-13/h6-9,12,16H,4-5,10-11H2,1-3H3/t16-/m0/s1. The number of ether oxygens (including phenoxy) is 1. The fourth-order valence-corrected chi connectivity index (χ4v) is 3.20. The molecule has 0 radical (unpaired) electrons. The summed E-state index contributed by atoms with van der Waals surface area (Å²) in [5, 5.41) is 4.68. The van der Waals surface area contributed by atoms with Crippen molar-refractivity contribution in [3.05, 3.63) is 52.4 Å². The molecule has 0 spiro atoms. The van der Waals surface area contributed by atoms with Gasteiger partial charge in [-0.15, -0.1) is 0 Å². The minimum absolute atomic E-state index is 0.125. The van der Waals surface area contributed by atoms with E-state index in [4.69, 9.17) is 20.9 Å². The van der Waals surface area contributed by atoms with E-state index in [-0.39, 0.29) is 12.1 Å². The highest BCUT2D eigenvalue weighted by Crippen LogP contribution is 2.35. The second kappa shape index (κ2) is 7.08. The summed E-state index contributed by atoms with van der Waals surface area (Å²) in [5.41, 5.74) is 1.59. The van der Waals surface area contributed by atoms with Crippen molar-refractivity contribution in [1.82, 2.24) is 10.1 Å². The maximum atomic E-state index is 12.5. The van der Waals surface area contributed by atoms with Crippen LogP contribution >= 0.6 is 11.6 Å². The molecule has 1 saturated heterocycles. The van der Waals surface area contributed by atoms with Crippen LogP contribution in [0.4, 0.5) is 4.79 Å². The van der Waals surface area contributed by atoms with Gasteiger partial charge in [-0.3, -0.25) is 4.90 Å². The van der Waals surface area contributed by atoms with E-state index in [1.807, 2.05) is 45.0 Å². The molecular weight excluding hydrogens is 340 g/mol. The predicted octanol–water partition coefficient (Wildman–Crippen LogP) is 4.99. The number of halogens is 1. The third kappa shape index (κ3) is 4.34. The summed E-state index contributed by atoms with van der Waals surface area (Å²) in [6.45, 7) is 6.28. The van der Waals surface area contributed by atoms with E-state index in [2.05, 4.69) is 5.16 Å². The smallest absolute Gasteiger partial charge is 0.410 e. The van der Waals surface area contributed by atoms with E-state index in [1.165, 1.54) is 0 Å². The quantitative estimate of drug-likeness (QED) is 0.771. The van der Waals surface area contributed by atoms with Gasteiger partial charge in [-0.05, 0) is 51.3 Å². The zero-order valence-electron chi connectivity index (χ0n) is 14.8. The number of rotatable bonds is 3. The van der Waals surface area contributed by atoms with Crippen LogP contribution in [0.25, 0.3) is 0 Å². The maximum absolute atomic E-state index is 12.5. The van der Waals surface area contributed by atoms with Crippen LogP contribution < -0.4 is 0 Å². The van der Waals surface area contributed by atoms with Crippen LogP contribution in [0.2, 0.25) is 5.02 Å². The molecule has 0 aliphatic carbocycles. The highest BCUT2D eigenvalue weighted by Gasteiger charge is 2.36. The molecule has 1 aromatic carbocycles. The van der Waals surface area contributed by atoms with Crippen LogP contribution in [0, 0.1) is 0 Å². The summed E-state index contributed by atoms with van der Waals surface area (Å²) >= 11 is 5.95. The van der Waals surface area contributed by atoms with Gasteiger partial charge < -0.3 is 9.26 Å². The molecule has 5 nitrogen and oxygen atoms in total. The highest BCUT2D eigenvalue weighted by molar-refractivity contribution is 6.30. The zero-order chi connectivity index (χ0) is 18.0. The summed E-state index contributed by atoms with van der Waals surface area (Å²) in [6.07, 6.45) is 3.89. The second-order valence-corrected chi connectivity index (χ2v) is 7.79. The molecule has 3 rings (SSSR count). The molecular formula is C19H23ClN2O3. The minimum atomic E-state index is -0.516. The SMILES string of the molecule is CC(C)(C)OC(=O)N1CCC[C@H]1c1oncc1Cc1ccc(Cl)cc1. The van der Waals surface area contributed by atoms with E-state index >= 15 is 0 Å². The zero-order valence-corrected chi connectivity index (χ0v) is 15.5. The van der Waals surface area contributed by atoms with Crippen molar-refractivity contribution in [2.75, 3.05) is 6.54 Å². The average molecular weight is 363 g/mol. The maximum Gasteiger partial charge on any atom is 0.410 e. The molecule has 0 bridgehead atoms. The Bertz CT molecular complexity index is 734. The van der Waals surface area contributed by atoms with Gasteiger partial charge in [-0.2, -0.15) is 0 Å². The molecule has 0 N–H and O–H groups in total. The topological polar surface area (TPSA) is 55.6 Å². The molecule has 134 valence electrons. The predicted molar refractivity (Wildman–Crippen MR) is 95.7 cm³/mol. The van der Waals surface area contributed by atoms with E-state index in [9.17, 15) is 4.79 Å². The molecule has 0 saturated carbocycles. The van der Waals surface area contributed by atoms with Gasteiger partial charge in [0, 0.05) is 23.6 Å². The van der Waals surface area contributed by atoms with E-state index in [1.54, 1.807) is 11.1 Å². The normalized spacial score (nSPS) is 17.8. The van der Waals surface area contributed by atoms with Crippen LogP contribution in [0.3, 0.4) is 0 Å². The Morgan fingerprint density at radius 2 is 2.08 bits per heavy atom. The first kappa shape index (κ1) is 17.8. The molecule has 6 heteroatoms. The number of carbonyl (C=O) groups excluding carboxylic acids is 1. The first-order valence-corrected chi connectivity index (χ1v) is 8.89. The van der Waals surface area contributed by atoms with Gasteiger partial charge in [0.25, 0.3) is 0 Å². The first-order valence-electron chi connectivity index (χ1n) is 8.51. The molecule has 1 fully saturated rings. The van der Waals surface area contributed by atoms with Gasteiger partial charge in [0.15, 0.2) is 5.76 Å². The van der Waals surface area contributed by atoms with E-state index in [0.717, 1.165) is 29.7 Å². The molecule has 2 heterocycles. The molecule has 1 aliphatic rings. The van der Waals surface area contributed by atoms with Crippen LogP contribution in [0.15, 0.2) is 35.0 Å². The largest absolute Gasteiger partial charge is 0.444 e. The summed E-state index contributed by atoms with van der Waals surface area (Å²) in [6, 6.07) is 7.58. The second-order valence-electron chi connectivity index (χ2n) is 7.35. The van der Waals surface area contributed by atoms with Gasteiger partial charge in [0.2, 0.25) is 0 Å². The van der Waals surface area contributed by atoms with Crippen LogP contribution in [-0.4, -0.2) is 28.3 Å². The fraction of sp³-hybridized carbons (Fsp3) is 0.474. The lowest BCUT2D eigenvalue weighted by Gasteiger charge is -2.27. The number of nitrogens with zero attached hydrogens (tertiary/aromatic N) is 2. The summed E-state index contributed by atoms with van der Waals surface area (Å²) in [4.78, 5) is 14.2. The van der Waals surface area contributed by atoms with Crippen LogP contribution in [0.5, 0.6) is 0 Å². The van der Waals surface area contributed by atoms with Crippen molar-refractivity contribution in [2.24, 2.45) is 0 Å². The number of hydrogen-bond donors (Lipinski definition) is 0. The minimum Gasteiger partial charge on any atom is -0.444 e. The number of likely N-dealkylation sites (tertiary alicyclic amines) is 1. The van der Waals surface area contributed by atoms with Gasteiger partial charge in [-0.25, -0.2) is 4.79 Å². The van der Waals surface area contributed by atoms with Gasteiger partial charge in [0.05, 0.1) is 12.2 Å². The molecule has 0 unspecified atom stereocenters. The number of benzene rings is 1. The number of carbonyl (C=O) groups is 1. The number of aromatic nitrogens is 1. The summed E-state index contributed by atoms with van der Waals surface area (Å²) in [5.74, 6) is 0.748. The van der Waals surface area contributed by atoms with Gasteiger partial charge in [-0.1, -0.05) is 28.9 Å². The molecule has 25 heavy (non-hydrogen) atoms. The monoisotopic (exact) mass is 362 g/mol. The van der Waals surface area contributed by atoms with E-state index in [0.29, 0.717) is 18.0 Å². The number of amides is 1. The Labute approximate surface area is 152 Å². The molecule has 2 aromatic rings. The molecule has 1 aromatic heterocycles. The average Bonchev–Trinajstić information content (AvgIpc) is 3.16. The first-order chi connectivity index (χ1) is 11.8. The van der Waals surface area contributed by atoms with Crippen LogP contribution in [0.1, 0.15) is 56.5 Å². The Kier molecular flexibility index (Phi) is 5.04.